The van der Waals surface area contributed by atoms with Crippen LogP contribution in [-0.2, 0) is 17.8 Å². The van der Waals surface area contributed by atoms with Crippen LogP contribution in [0.2, 0.25) is 0 Å². The molecule has 0 aliphatic carbocycles. The summed E-state index contributed by atoms with van der Waals surface area (Å²) in [6, 6.07) is 8.96. The highest BCUT2D eigenvalue weighted by Gasteiger charge is 2.15. The van der Waals surface area contributed by atoms with Crippen LogP contribution < -0.4 is 10.6 Å². The number of aliphatic imine (C=N–C) groups is 1. The number of guanidine groups is 1. The Bertz CT molecular complexity index is 621. The molecule has 0 unspecified atom stereocenters. The molecule has 168 valence electrons. The number of piperazine rings is 1. The number of ether oxygens (including phenoxy) is 1. The van der Waals surface area contributed by atoms with E-state index in [1.54, 1.807) is 0 Å². The molecule has 2 aliphatic heterocycles. The van der Waals surface area contributed by atoms with Crippen molar-refractivity contribution in [2.45, 2.75) is 26.9 Å². The maximum absolute atomic E-state index is 5.41. The Morgan fingerprint density at radius 1 is 0.867 bits per heavy atom. The summed E-state index contributed by atoms with van der Waals surface area (Å²) in [6.07, 6.45) is 0. The molecule has 2 fully saturated rings. The molecule has 0 bridgehead atoms. The van der Waals surface area contributed by atoms with Crippen LogP contribution in [0.15, 0.2) is 29.3 Å². The Morgan fingerprint density at radius 2 is 1.53 bits per heavy atom. The molecule has 2 aliphatic rings. The highest BCUT2D eigenvalue weighted by molar-refractivity contribution is 5.79. The first-order chi connectivity index (χ1) is 14.8. The first-order valence-electron chi connectivity index (χ1n) is 11.6. The van der Waals surface area contributed by atoms with Gasteiger partial charge in [0.2, 0.25) is 0 Å². The first kappa shape index (κ1) is 23.0. The molecular formula is C23H40N6O. The molecule has 2 heterocycles. The Morgan fingerprint density at radius 3 is 2.20 bits per heavy atom. The molecule has 1 aromatic carbocycles. The quantitative estimate of drug-likeness (QED) is 0.466. The number of likely N-dealkylation sites (N-methyl/N-ethyl adjacent to an activating group) is 1. The fourth-order valence-electron chi connectivity index (χ4n) is 3.94. The van der Waals surface area contributed by atoms with E-state index in [-0.39, 0.29) is 0 Å². The van der Waals surface area contributed by atoms with Gasteiger partial charge in [0.25, 0.3) is 0 Å². The Labute approximate surface area is 182 Å². The van der Waals surface area contributed by atoms with Gasteiger partial charge in [0.05, 0.1) is 19.8 Å². The van der Waals surface area contributed by atoms with Crippen molar-refractivity contribution in [2.75, 3.05) is 78.7 Å². The van der Waals surface area contributed by atoms with Gasteiger partial charge in [-0.2, -0.15) is 0 Å². The summed E-state index contributed by atoms with van der Waals surface area (Å²) in [5, 5.41) is 6.81. The zero-order valence-electron chi connectivity index (χ0n) is 18.9. The first-order valence-corrected chi connectivity index (χ1v) is 11.6. The lowest BCUT2D eigenvalue weighted by molar-refractivity contribution is 0.0389. The lowest BCUT2D eigenvalue weighted by Gasteiger charge is -2.34. The van der Waals surface area contributed by atoms with Crippen molar-refractivity contribution in [1.29, 1.82) is 0 Å². The third-order valence-corrected chi connectivity index (χ3v) is 5.93. The molecule has 1 aromatic rings. The number of hydrogen-bond donors (Lipinski definition) is 2. The van der Waals surface area contributed by atoms with Crippen LogP contribution >= 0.6 is 0 Å². The monoisotopic (exact) mass is 416 g/mol. The number of rotatable bonds is 9. The van der Waals surface area contributed by atoms with Crippen LogP contribution in [0.1, 0.15) is 25.0 Å². The van der Waals surface area contributed by atoms with E-state index in [9.17, 15) is 0 Å². The zero-order chi connectivity index (χ0) is 21.0. The van der Waals surface area contributed by atoms with Crippen LogP contribution in [0.25, 0.3) is 0 Å². The van der Waals surface area contributed by atoms with E-state index in [1.807, 2.05) is 0 Å². The van der Waals surface area contributed by atoms with Crippen LogP contribution in [0.3, 0.4) is 0 Å². The molecule has 30 heavy (non-hydrogen) atoms. The maximum Gasteiger partial charge on any atom is 0.191 e. The summed E-state index contributed by atoms with van der Waals surface area (Å²) >= 11 is 0. The fourth-order valence-corrected chi connectivity index (χ4v) is 3.94. The second kappa shape index (κ2) is 12.9. The molecular weight excluding hydrogens is 376 g/mol. The summed E-state index contributed by atoms with van der Waals surface area (Å²) < 4.78 is 5.41. The zero-order valence-corrected chi connectivity index (χ0v) is 18.9. The number of nitrogens with zero attached hydrogens (tertiary/aromatic N) is 4. The van der Waals surface area contributed by atoms with E-state index < -0.39 is 0 Å². The van der Waals surface area contributed by atoms with Gasteiger partial charge in [0, 0.05) is 65.4 Å². The van der Waals surface area contributed by atoms with Gasteiger partial charge < -0.3 is 20.3 Å². The minimum absolute atomic E-state index is 0.697. The van der Waals surface area contributed by atoms with Crippen LogP contribution in [0.4, 0.5) is 0 Å². The molecule has 7 heteroatoms. The van der Waals surface area contributed by atoms with Gasteiger partial charge in [-0.15, -0.1) is 0 Å². The largest absolute Gasteiger partial charge is 0.379 e. The summed E-state index contributed by atoms with van der Waals surface area (Å²) in [5.41, 5.74) is 2.64. The van der Waals surface area contributed by atoms with Gasteiger partial charge in [-0.1, -0.05) is 31.2 Å². The number of morpholine rings is 1. The average molecular weight is 417 g/mol. The lowest BCUT2D eigenvalue weighted by Crippen LogP contribution is -2.45. The van der Waals surface area contributed by atoms with E-state index in [1.165, 1.54) is 43.9 Å². The normalized spacial score (nSPS) is 19.7. The van der Waals surface area contributed by atoms with Gasteiger partial charge in [-0.05, 0) is 24.6 Å². The minimum Gasteiger partial charge on any atom is -0.379 e. The van der Waals surface area contributed by atoms with Crippen molar-refractivity contribution >= 4 is 5.96 Å². The molecule has 2 saturated heterocycles. The van der Waals surface area contributed by atoms with Crippen molar-refractivity contribution in [3.8, 4) is 0 Å². The highest BCUT2D eigenvalue weighted by Crippen LogP contribution is 2.11. The number of benzene rings is 1. The fraction of sp³-hybridized carbons (Fsp3) is 0.696. The molecule has 0 spiro atoms. The van der Waals surface area contributed by atoms with Crippen LogP contribution in [-0.4, -0.2) is 99.3 Å². The van der Waals surface area contributed by atoms with Crippen LogP contribution in [0, 0.1) is 0 Å². The van der Waals surface area contributed by atoms with E-state index >= 15 is 0 Å². The van der Waals surface area contributed by atoms with E-state index in [0.717, 1.165) is 58.4 Å². The summed E-state index contributed by atoms with van der Waals surface area (Å²) in [5.74, 6) is 0.892. The Balaban J connectivity index is 1.42. The minimum atomic E-state index is 0.697. The van der Waals surface area contributed by atoms with Crippen molar-refractivity contribution in [2.24, 2.45) is 4.99 Å². The SMILES string of the molecule is CCNC(=NCc1ccc(CN2CCN(CC)CC2)cc1)NCCN1CCOCC1. The van der Waals surface area contributed by atoms with Crippen molar-refractivity contribution in [1.82, 2.24) is 25.3 Å². The summed E-state index contributed by atoms with van der Waals surface area (Å²) in [6.45, 7) is 18.5. The average Bonchev–Trinajstić information content (AvgIpc) is 2.80. The molecule has 0 radical (unpaired) electrons. The summed E-state index contributed by atoms with van der Waals surface area (Å²) in [7, 11) is 0. The number of nitrogens with one attached hydrogen (secondary N) is 2. The molecule has 0 saturated carbocycles. The molecule has 2 N–H and O–H groups in total. The van der Waals surface area contributed by atoms with Gasteiger partial charge >= 0.3 is 0 Å². The van der Waals surface area contributed by atoms with E-state index in [4.69, 9.17) is 9.73 Å². The number of hydrogen-bond acceptors (Lipinski definition) is 5. The van der Waals surface area contributed by atoms with E-state index in [2.05, 4.69) is 63.4 Å². The van der Waals surface area contributed by atoms with Crippen molar-refractivity contribution in [3.05, 3.63) is 35.4 Å². The maximum atomic E-state index is 5.41. The summed E-state index contributed by atoms with van der Waals surface area (Å²) in [4.78, 5) is 12.3. The van der Waals surface area contributed by atoms with Gasteiger partial charge in [-0.25, -0.2) is 4.99 Å². The predicted molar refractivity (Wildman–Crippen MR) is 124 cm³/mol. The molecule has 0 amide bonds. The highest BCUT2D eigenvalue weighted by atomic mass is 16.5. The van der Waals surface area contributed by atoms with Crippen LogP contribution in [0.5, 0.6) is 0 Å². The Hall–Kier alpha value is -1.67. The van der Waals surface area contributed by atoms with Gasteiger partial charge in [0.15, 0.2) is 5.96 Å². The van der Waals surface area contributed by atoms with Gasteiger partial charge in [-0.3, -0.25) is 9.80 Å². The lowest BCUT2D eigenvalue weighted by atomic mass is 10.1. The molecule has 0 aromatic heterocycles. The second-order valence-corrected chi connectivity index (χ2v) is 8.10. The molecule has 7 nitrogen and oxygen atoms in total. The topological polar surface area (TPSA) is 55.4 Å². The smallest absolute Gasteiger partial charge is 0.191 e. The standard InChI is InChI=1S/C23H40N6O/c1-3-24-23(25-9-10-28-15-17-30-18-16-28)26-19-21-5-7-22(8-6-21)20-29-13-11-27(4-2)12-14-29/h5-8H,3-4,9-20H2,1-2H3,(H2,24,25,26). The molecule has 0 atom stereocenters. The Kier molecular flexibility index (Phi) is 9.89. The predicted octanol–water partition coefficient (Wildman–Crippen LogP) is 1.21. The van der Waals surface area contributed by atoms with E-state index in [0.29, 0.717) is 6.54 Å². The van der Waals surface area contributed by atoms with Crippen molar-refractivity contribution < 1.29 is 4.74 Å². The van der Waals surface area contributed by atoms with Gasteiger partial charge in [0.1, 0.15) is 0 Å². The third-order valence-electron chi connectivity index (χ3n) is 5.93. The third kappa shape index (κ3) is 7.87. The molecule has 3 rings (SSSR count). The second-order valence-electron chi connectivity index (χ2n) is 8.10. The van der Waals surface area contributed by atoms with Crippen molar-refractivity contribution in [3.63, 3.8) is 0 Å².